The molecule has 0 aliphatic heterocycles. The van der Waals surface area contributed by atoms with Crippen LogP contribution in [0.25, 0.3) is 0 Å². The lowest BCUT2D eigenvalue weighted by molar-refractivity contribution is -0.152. The Morgan fingerprint density at radius 2 is 0.738 bits per heavy atom. The summed E-state index contributed by atoms with van der Waals surface area (Å²) in [4.78, 5) is 24.2. The molecule has 0 saturated carbocycles. The van der Waals surface area contributed by atoms with Gasteiger partial charge in [-0.2, -0.15) is 0 Å². The summed E-state index contributed by atoms with van der Waals surface area (Å²) in [6.45, 7) is 4.20. The van der Waals surface area contributed by atoms with Crippen LogP contribution in [-0.2, 0) is 14.3 Å². The lowest BCUT2D eigenvalue weighted by atomic mass is 10.0. The van der Waals surface area contributed by atoms with E-state index in [1.54, 1.807) is 0 Å². The fourth-order valence-corrected chi connectivity index (χ4v) is 5.66. The predicted octanol–water partition coefficient (Wildman–Crippen LogP) is 10.6. The molecule has 0 aromatic heterocycles. The number of aliphatic hydroxyl groups excluding tert-OH is 2. The van der Waals surface area contributed by atoms with Crippen molar-refractivity contribution in [2.45, 2.75) is 219 Å². The molecule has 0 radical (unpaired) electrons. The van der Waals surface area contributed by atoms with E-state index in [0.29, 0.717) is 6.42 Å². The Morgan fingerprint density at radius 1 is 0.452 bits per heavy atom. The minimum atomic E-state index is -1.47. The van der Waals surface area contributed by atoms with Crippen molar-refractivity contribution in [1.29, 1.82) is 0 Å². The van der Waals surface area contributed by atoms with E-state index in [-0.39, 0.29) is 24.8 Å². The van der Waals surface area contributed by atoms with E-state index in [1.165, 1.54) is 141 Å². The van der Waals surface area contributed by atoms with Crippen LogP contribution < -0.4 is 0 Å². The number of ketones is 1. The van der Waals surface area contributed by atoms with Gasteiger partial charge in [0.1, 0.15) is 18.8 Å². The highest BCUT2D eigenvalue weighted by molar-refractivity contribution is 5.83. The number of hydrogen-bond donors (Lipinski definition) is 2. The second-order valence-electron chi connectivity index (χ2n) is 12.9. The second-order valence-corrected chi connectivity index (χ2v) is 12.9. The Morgan fingerprint density at radius 3 is 1.07 bits per heavy atom. The highest BCUT2D eigenvalue weighted by Crippen LogP contribution is 2.15. The molecular formula is C37H72O5. The summed E-state index contributed by atoms with van der Waals surface area (Å²) in [5, 5.41) is 20.2. The third-order valence-corrected chi connectivity index (χ3v) is 8.62. The van der Waals surface area contributed by atoms with E-state index < -0.39 is 12.2 Å². The molecule has 0 bridgehead atoms. The SMILES string of the molecule is CCCCCCCCCCCCCCCCCC(=O)OCC(O)C(O)C(=O)CCCCCCCCCCCCCCC. The van der Waals surface area contributed by atoms with Crippen molar-refractivity contribution in [3.8, 4) is 0 Å². The molecule has 2 N–H and O–H groups in total. The monoisotopic (exact) mass is 597 g/mol. The Hall–Kier alpha value is -0.940. The van der Waals surface area contributed by atoms with Gasteiger partial charge in [0.25, 0.3) is 0 Å². The quantitative estimate of drug-likeness (QED) is 0.0570. The van der Waals surface area contributed by atoms with E-state index in [4.69, 9.17) is 4.74 Å². The summed E-state index contributed by atoms with van der Waals surface area (Å²) in [6, 6.07) is 0. The van der Waals surface area contributed by atoms with Gasteiger partial charge in [-0.25, -0.2) is 0 Å². The van der Waals surface area contributed by atoms with Gasteiger partial charge in [-0.1, -0.05) is 181 Å². The average Bonchev–Trinajstić information content (AvgIpc) is 2.99. The molecule has 0 heterocycles. The number of rotatable bonds is 34. The van der Waals surface area contributed by atoms with Crippen LogP contribution in [0.2, 0.25) is 0 Å². The van der Waals surface area contributed by atoms with Crippen molar-refractivity contribution in [3.63, 3.8) is 0 Å². The summed E-state index contributed by atoms with van der Waals surface area (Å²) in [7, 11) is 0. The topological polar surface area (TPSA) is 83.8 Å². The van der Waals surface area contributed by atoms with Crippen molar-refractivity contribution in [2.75, 3.05) is 6.61 Å². The minimum Gasteiger partial charge on any atom is -0.463 e. The summed E-state index contributed by atoms with van der Waals surface area (Å²) in [6.07, 6.45) is 33.0. The second kappa shape index (κ2) is 33.0. The molecule has 0 rings (SSSR count). The standard InChI is InChI=1S/C37H72O5/c1-3-5-7-9-11-13-15-17-18-20-22-24-26-28-30-32-36(40)42-33-35(39)37(41)34(38)31-29-27-25-23-21-19-16-14-12-10-8-6-4-2/h35,37,39,41H,3-33H2,1-2H3. The van der Waals surface area contributed by atoms with Gasteiger partial charge in [-0.05, 0) is 12.8 Å². The van der Waals surface area contributed by atoms with Gasteiger partial charge in [0.05, 0.1) is 0 Å². The molecule has 2 unspecified atom stereocenters. The lowest BCUT2D eigenvalue weighted by Gasteiger charge is -2.17. The van der Waals surface area contributed by atoms with E-state index in [1.807, 2.05) is 0 Å². The molecule has 0 spiro atoms. The summed E-state index contributed by atoms with van der Waals surface area (Å²) < 4.78 is 5.12. The maximum absolute atomic E-state index is 12.2. The van der Waals surface area contributed by atoms with Gasteiger partial charge < -0.3 is 14.9 Å². The van der Waals surface area contributed by atoms with Crippen molar-refractivity contribution in [2.24, 2.45) is 0 Å². The third kappa shape index (κ3) is 29.1. The van der Waals surface area contributed by atoms with Crippen molar-refractivity contribution >= 4 is 11.8 Å². The summed E-state index contributed by atoms with van der Waals surface area (Å²) in [5.41, 5.74) is 0. The Labute approximate surface area is 261 Å². The maximum Gasteiger partial charge on any atom is 0.305 e. The predicted molar refractivity (Wildman–Crippen MR) is 178 cm³/mol. The van der Waals surface area contributed by atoms with Crippen LogP contribution in [0.4, 0.5) is 0 Å². The Kier molecular flexibility index (Phi) is 32.2. The highest BCUT2D eigenvalue weighted by atomic mass is 16.5. The largest absolute Gasteiger partial charge is 0.463 e. The summed E-state index contributed by atoms with van der Waals surface area (Å²) >= 11 is 0. The zero-order valence-corrected chi connectivity index (χ0v) is 28.2. The van der Waals surface area contributed by atoms with Crippen molar-refractivity contribution in [3.05, 3.63) is 0 Å². The van der Waals surface area contributed by atoms with Crippen LogP contribution in [0.5, 0.6) is 0 Å². The normalized spacial score (nSPS) is 12.9. The minimum absolute atomic E-state index is 0.267. The van der Waals surface area contributed by atoms with Crippen LogP contribution in [0.1, 0.15) is 206 Å². The van der Waals surface area contributed by atoms with E-state index in [9.17, 15) is 19.8 Å². The number of esters is 1. The number of aliphatic hydroxyl groups is 2. The number of hydrogen-bond acceptors (Lipinski definition) is 5. The molecule has 0 amide bonds. The molecule has 2 atom stereocenters. The zero-order chi connectivity index (χ0) is 30.9. The van der Waals surface area contributed by atoms with E-state index in [2.05, 4.69) is 13.8 Å². The molecular weight excluding hydrogens is 524 g/mol. The van der Waals surface area contributed by atoms with Crippen LogP contribution in [0.3, 0.4) is 0 Å². The fourth-order valence-electron chi connectivity index (χ4n) is 5.66. The van der Waals surface area contributed by atoms with Gasteiger partial charge >= 0.3 is 5.97 Å². The molecule has 250 valence electrons. The molecule has 0 fully saturated rings. The number of ether oxygens (including phenoxy) is 1. The van der Waals surface area contributed by atoms with Crippen molar-refractivity contribution in [1.82, 2.24) is 0 Å². The first-order valence-electron chi connectivity index (χ1n) is 18.6. The fraction of sp³-hybridized carbons (Fsp3) is 0.946. The van der Waals surface area contributed by atoms with E-state index in [0.717, 1.165) is 38.5 Å². The van der Waals surface area contributed by atoms with Crippen LogP contribution in [0, 0.1) is 0 Å². The molecule has 42 heavy (non-hydrogen) atoms. The Balaban J connectivity index is 3.52. The van der Waals surface area contributed by atoms with E-state index >= 15 is 0 Å². The molecule has 5 nitrogen and oxygen atoms in total. The molecule has 0 aliphatic rings. The smallest absolute Gasteiger partial charge is 0.305 e. The first-order valence-corrected chi connectivity index (χ1v) is 18.6. The number of unbranched alkanes of at least 4 members (excludes halogenated alkanes) is 26. The average molecular weight is 597 g/mol. The first-order chi connectivity index (χ1) is 20.5. The van der Waals surface area contributed by atoms with Crippen LogP contribution in [0.15, 0.2) is 0 Å². The van der Waals surface area contributed by atoms with Crippen LogP contribution in [-0.4, -0.2) is 40.8 Å². The van der Waals surface area contributed by atoms with Gasteiger partial charge in [-0.3, -0.25) is 9.59 Å². The number of Topliss-reactive ketones (excluding diaryl/α,β-unsaturated/α-hetero) is 1. The Bertz CT molecular complexity index is 579. The lowest BCUT2D eigenvalue weighted by Crippen LogP contribution is -2.37. The molecule has 0 aliphatic carbocycles. The third-order valence-electron chi connectivity index (χ3n) is 8.62. The summed E-state index contributed by atoms with van der Waals surface area (Å²) in [5.74, 6) is -0.719. The van der Waals surface area contributed by atoms with Gasteiger partial charge in [0.2, 0.25) is 0 Å². The molecule has 0 aromatic carbocycles. The zero-order valence-electron chi connectivity index (χ0n) is 28.2. The maximum atomic E-state index is 12.2. The van der Waals surface area contributed by atoms with Crippen molar-refractivity contribution < 1.29 is 24.5 Å². The molecule has 0 saturated heterocycles. The first kappa shape index (κ1) is 41.1. The molecule has 5 heteroatoms. The van der Waals surface area contributed by atoms with Gasteiger partial charge in [0.15, 0.2) is 5.78 Å². The number of carbonyl (C=O) groups excluding carboxylic acids is 2. The van der Waals surface area contributed by atoms with Gasteiger partial charge in [0, 0.05) is 12.8 Å². The van der Waals surface area contributed by atoms with Crippen LogP contribution >= 0.6 is 0 Å². The van der Waals surface area contributed by atoms with Gasteiger partial charge in [-0.15, -0.1) is 0 Å². The number of carbonyl (C=O) groups is 2. The highest BCUT2D eigenvalue weighted by Gasteiger charge is 2.24. The molecule has 0 aromatic rings.